The number of unbranched alkanes of at least 4 members (excludes halogenated alkanes) is 1. The third-order valence-electron chi connectivity index (χ3n) is 6.22. The zero-order valence-electron chi connectivity index (χ0n) is 18.6. The number of nitrogens with one attached hydrogen (secondary N) is 3. The molecule has 2 amide bonds. The fourth-order valence-corrected chi connectivity index (χ4v) is 4.51. The third kappa shape index (κ3) is 7.08. The Morgan fingerprint density at radius 2 is 2.16 bits per heavy atom. The molecule has 1 aliphatic heterocycles. The van der Waals surface area contributed by atoms with Gasteiger partial charge in [-0.25, -0.2) is 5.43 Å². The van der Waals surface area contributed by atoms with E-state index in [0.29, 0.717) is 44.3 Å². The largest absolute Gasteiger partial charge is 0.350 e. The predicted octanol–water partition coefficient (Wildman–Crippen LogP) is 1.72. The second-order valence-electron chi connectivity index (χ2n) is 8.57. The average Bonchev–Trinajstić information content (AvgIpc) is 3.21. The molecule has 1 aromatic heterocycles. The van der Waals surface area contributed by atoms with Crippen molar-refractivity contribution in [1.82, 2.24) is 26.1 Å². The first-order chi connectivity index (χ1) is 15.6. The molecule has 0 unspecified atom stereocenters. The van der Waals surface area contributed by atoms with Crippen LogP contribution >= 0.6 is 0 Å². The van der Waals surface area contributed by atoms with Crippen LogP contribution in [-0.2, 0) is 9.59 Å². The van der Waals surface area contributed by atoms with E-state index in [2.05, 4.69) is 31.4 Å². The van der Waals surface area contributed by atoms with Gasteiger partial charge in [-0.2, -0.15) is 5.10 Å². The van der Waals surface area contributed by atoms with Crippen molar-refractivity contribution in [1.29, 1.82) is 0 Å². The molecule has 2 aliphatic rings. The number of carbonyl (C=O) groups is 2. The van der Waals surface area contributed by atoms with Crippen LogP contribution < -0.4 is 16.1 Å². The predicted molar refractivity (Wildman–Crippen MR) is 121 cm³/mol. The molecule has 0 radical (unpaired) electrons. The molecule has 0 bridgehead atoms. The Hall–Kier alpha value is -2.88. The third-order valence-corrected chi connectivity index (χ3v) is 6.22. The molecule has 174 valence electrons. The lowest BCUT2D eigenvalue weighted by Crippen LogP contribution is -2.58. The van der Waals surface area contributed by atoms with Crippen molar-refractivity contribution >= 4 is 17.5 Å². The highest BCUT2D eigenvalue weighted by Crippen LogP contribution is 2.31. The lowest BCUT2D eigenvalue weighted by atomic mass is 9.94. The lowest BCUT2D eigenvalue weighted by molar-refractivity contribution is -0.123. The summed E-state index contributed by atoms with van der Waals surface area (Å²) in [5.41, 5.74) is 4.23. The lowest BCUT2D eigenvalue weighted by Gasteiger charge is -2.31. The Balaban J connectivity index is 1.41. The maximum absolute atomic E-state index is 12.3. The second-order valence-corrected chi connectivity index (χ2v) is 8.57. The number of nitrogens with zero attached hydrogens (tertiary/aromatic N) is 4. The number of aromatic nitrogens is 1. The van der Waals surface area contributed by atoms with Crippen LogP contribution in [0.3, 0.4) is 0 Å². The highest BCUT2D eigenvalue weighted by atomic mass is 16.3. The zero-order valence-corrected chi connectivity index (χ0v) is 18.6. The van der Waals surface area contributed by atoms with Crippen molar-refractivity contribution in [2.75, 3.05) is 20.1 Å². The van der Waals surface area contributed by atoms with Gasteiger partial charge < -0.3 is 10.6 Å². The molecule has 3 N–H and O–H groups in total. The number of hydrogen-bond acceptors (Lipinski definition) is 7. The Morgan fingerprint density at radius 1 is 1.28 bits per heavy atom. The zero-order chi connectivity index (χ0) is 22.8. The topological polar surface area (TPSA) is 128 Å². The number of rotatable bonds is 12. The van der Waals surface area contributed by atoms with E-state index in [1.165, 1.54) is 5.01 Å². The maximum atomic E-state index is 12.3. The van der Waals surface area contributed by atoms with Gasteiger partial charge in [0.15, 0.2) is 0 Å². The summed E-state index contributed by atoms with van der Waals surface area (Å²) in [6.45, 7) is 0.927. The van der Waals surface area contributed by atoms with E-state index in [0.717, 1.165) is 43.4 Å². The number of fused-ring (bicyclic) bond motifs is 1. The summed E-state index contributed by atoms with van der Waals surface area (Å²) in [6, 6.07) is 4.34. The number of carbonyl (C=O) groups excluding carboxylic acids is 2. The molecule has 2 fully saturated rings. The smallest absolute Gasteiger partial charge is 0.240 e. The van der Waals surface area contributed by atoms with E-state index in [4.69, 9.17) is 0 Å². The summed E-state index contributed by atoms with van der Waals surface area (Å²) in [5, 5.41) is 15.0. The monoisotopic (exact) mass is 443 g/mol. The van der Waals surface area contributed by atoms with Crippen LogP contribution in [0.1, 0.15) is 56.9 Å². The van der Waals surface area contributed by atoms with E-state index in [-0.39, 0.29) is 17.9 Å². The van der Waals surface area contributed by atoms with Gasteiger partial charge in [-0.15, -0.1) is 4.91 Å². The van der Waals surface area contributed by atoms with Gasteiger partial charge in [0.2, 0.25) is 11.8 Å². The quantitative estimate of drug-likeness (QED) is 0.195. The van der Waals surface area contributed by atoms with Gasteiger partial charge in [-0.05, 0) is 50.5 Å². The highest BCUT2D eigenvalue weighted by Gasteiger charge is 2.38. The van der Waals surface area contributed by atoms with Crippen LogP contribution in [0.5, 0.6) is 0 Å². The van der Waals surface area contributed by atoms with Gasteiger partial charge in [0.25, 0.3) is 0 Å². The molecular weight excluding hydrogens is 410 g/mol. The molecule has 1 saturated heterocycles. The normalized spacial score (nSPS) is 22.7. The van der Waals surface area contributed by atoms with Crippen molar-refractivity contribution in [2.45, 2.75) is 63.5 Å². The van der Waals surface area contributed by atoms with Crippen molar-refractivity contribution in [3.8, 4) is 0 Å². The molecule has 1 aliphatic carbocycles. The molecule has 10 nitrogen and oxygen atoms in total. The Kier molecular flexibility index (Phi) is 9.09. The van der Waals surface area contributed by atoms with E-state index in [1.54, 1.807) is 19.4 Å². The first kappa shape index (κ1) is 23.8. The van der Waals surface area contributed by atoms with Crippen molar-refractivity contribution in [2.24, 2.45) is 16.3 Å². The van der Waals surface area contributed by atoms with E-state index >= 15 is 0 Å². The van der Waals surface area contributed by atoms with Gasteiger partial charge >= 0.3 is 0 Å². The summed E-state index contributed by atoms with van der Waals surface area (Å²) < 4.78 is 0. The highest BCUT2D eigenvalue weighted by molar-refractivity contribution is 6.00. The van der Waals surface area contributed by atoms with Gasteiger partial charge in [-0.3, -0.25) is 19.6 Å². The van der Waals surface area contributed by atoms with Crippen LogP contribution in [0.2, 0.25) is 0 Å². The number of hydrazone groups is 1. The molecule has 1 aromatic rings. The average molecular weight is 444 g/mol. The van der Waals surface area contributed by atoms with E-state index in [1.807, 2.05) is 12.1 Å². The Morgan fingerprint density at radius 3 is 2.94 bits per heavy atom. The van der Waals surface area contributed by atoms with Crippen LogP contribution in [0.25, 0.3) is 0 Å². The van der Waals surface area contributed by atoms with Crippen LogP contribution in [0.15, 0.2) is 34.9 Å². The number of piperazine rings is 1. The molecule has 0 spiro atoms. The van der Waals surface area contributed by atoms with Crippen molar-refractivity contribution in [3.05, 3.63) is 35.0 Å². The minimum atomic E-state index is -0.116. The fraction of sp³-hybridized carbons (Fsp3) is 0.636. The van der Waals surface area contributed by atoms with Crippen LogP contribution in [0.4, 0.5) is 0 Å². The van der Waals surface area contributed by atoms with Gasteiger partial charge in [0.05, 0.1) is 17.5 Å². The molecule has 32 heavy (non-hydrogen) atoms. The summed E-state index contributed by atoms with van der Waals surface area (Å²) >= 11 is 0. The number of nitroso groups, excluding NO2 is 1. The minimum Gasteiger partial charge on any atom is -0.350 e. The van der Waals surface area contributed by atoms with Gasteiger partial charge in [0, 0.05) is 50.1 Å². The molecule has 2 heterocycles. The minimum absolute atomic E-state index is 0.0777. The number of hydrogen-bond donors (Lipinski definition) is 3. The van der Waals surface area contributed by atoms with Gasteiger partial charge in [-0.1, -0.05) is 12.5 Å². The first-order valence-corrected chi connectivity index (χ1v) is 11.4. The maximum Gasteiger partial charge on any atom is 0.240 e. The summed E-state index contributed by atoms with van der Waals surface area (Å²) in [7, 11) is 1.63. The number of pyridine rings is 1. The molecular formula is C22H33N7O3. The van der Waals surface area contributed by atoms with E-state index in [9.17, 15) is 14.5 Å². The van der Waals surface area contributed by atoms with E-state index < -0.39 is 0 Å². The Bertz CT molecular complexity index is 802. The summed E-state index contributed by atoms with van der Waals surface area (Å²) in [6.07, 6.45) is 10.0. The molecule has 3 atom stereocenters. The SMILES string of the molecule is CN(CCC/C(=N\NC(=O)CCCC[C@@H]1CC[C@@H]2NCC(=O)N[C@H]12)c1cccnc1)N=O. The van der Waals surface area contributed by atoms with Crippen molar-refractivity contribution < 1.29 is 9.59 Å². The van der Waals surface area contributed by atoms with Crippen LogP contribution in [0, 0.1) is 10.8 Å². The van der Waals surface area contributed by atoms with Crippen LogP contribution in [-0.4, -0.2) is 59.7 Å². The Labute approximate surface area is 188 Å². The molecule has 0 aromatic carbocycles. The van der Waals surface area contributed by atoms with Crippen molar-refractivity contribution in [3.63, 3.8) is 0 Å². The van der Waals surface area contributed by atoms with Gasteiger partial charge in [0.1, 0.15) is 0 Å². The molecule has 1 saturated carbocycles. The molecule has 3 rings (SSSR count). The molecule has 10 heteroatoms. The summed E-state index contributed by atoms with van der Waals surface area (Å²) in [5.74, 6) is 0.442. The summed E-state index contributed by atoms with van der Waals surface area (Å²) in [4.78, 5) is 38.6. The number of amides is 2. The second kappa shape index (κ2) is 12.2. The standard InChI is InChI=1S/C22H33N7O3/c1-29(28-32)13-5-8-18(17-7-4-12-23-14-17)26-27-20(30)9-3-2-6-16-10-11-19-22(16)25-21(31)15-24-19/h4,7,12,14,16,19,22,24H,2-3,5-6,8-11,13,15H2,1H3,(H,25,31)(H,27,30)/b26-18+/t16-,19+,22-/m1/s1. The fourth-order valence-electron chi connectivity index (χ4n) is 4.51. The first-order valence-electron chi connectivity index (χ1n) is 11.4.